The van der Waals surface area contributed by atoms with E-state index in [2.05, 4.69) is 19.2 Å². The molecule has 0 saturated carbocycles. The van der Waals surface area contributed by atoms with E-state index in [1.54, 1.807) is 17.1 Å². The molecule has 0 spiro atoms. The molecule has 0 atom stereocenters. The number of halogens is 1. The lowest BCUT2D eigenvalue weighted by Crippen LogP contribution is -2.28. The minimum Gasteiger partial charge on any atom is -0.354 e. The van der Waals surface area contributed by atoms with E-state index in [4.69, 9.17) is 11.6 Å². The molecule has 0 radical (unpaired) electrons. The predicted octanol–water partition coefficient (Wildman–Crippen LogP) is 1.75. The molecule has 108 valence electrons. The maximum atomic E-state index is 11.6. The van der Waals surface area contributed by atoms with Gasteiger partial charge in [-0.15, -0.1) is 11.8 Å². The molecule has 0 aromatic carbocycles. The number of aromatic nitrogens is 4. The highest BCUT2D eigenvalue weighted by atomic mass is 35.5. The Morgan fingerprint density at radius 1 is 1.55 bits per heavy atom. The minimum atomic E-state index is 0.00842. The lowest BCUT2D eigenvalue weighted by molar-refractivity contribution is -0.118. The van der Waals surface area contributed by atoms with E-state index in [0.717, 1.165) is 11.4 Å². The van der Waals surface area contributed by atoms with Crippen molar-refractivity contribution in [3.63, 3.8) is 0 Å². The second-order valence-electron chi connectivity index (χ2n) is 4.06. The summed E-state index contributed by atoms with van der Waals surface area (Å²) in [4.78, 5) is 11.6. The first kappa shape index (κ1) is 15.3. The average molecular weight is 332 g/mol. The molecule has 9 heteroatoms. The van der Waals surface area contributed by atoms with Crippen molar-refractivity contribution < 1.29 is 4.79 Å². The van der Waals surface area contributed by atoms with Crippen LogP contribution in [0.1, 0.15) is 11.4 Å². The molecule has 0 unspecified atom stereocenters. The van der Waals surface area contributed by atoms with Crippen LogP contribution in [-0.2, 0) is 17.1 Å². The molecule has 6 nitrogen and oxygen atoms in total. The Balaban J connectivity index is 1.60. The fourth-order valence-electron chi connectivity index (χ4n) is 1.44. The fourth-order valence-corrected chi connectivity index (χ4v) is 3.10. The van der Waals surface area contributed by atoms with Crippen LogP contribution in [0.2, 0.25) is 5.02 Å². The van der Waals surface area contributed by atoms with Crippen LogP contribution >= 0.6 is 35.1 Å². The zero-order valence-corrected chi connectivity index (χ0v) is 13.3. The Hall–Kier alpha value is -1.12. The molecule has 0 aliphatic heterocycles. The molecule has 2 aromatic heterocycles. The van der Waals surface area contributed by atoms with Crippen molar-refractivity contribution in [1.82, 2.24) is 23.8 Å². The highest BCUT2D eigenvalue weighted by Crippen LogP contribution is 2.13. The van der Waals surface area contributed by atoms with Crippen molar-refractivity contribution in [2.75, 3.05) is 12.3 Å². The summed E-state index contributed by atoms with van der Waals surface area (Å²) < 4.78 is 9.96. The predicted molar refractivity (Wildman–Crippen MR) is 81.1 cm³/mol. The molecule has 0 fully saturated rings. The van der Waals surface area contributed by atoms with Gasteiger partial charge in [0.1, 0.15) is 0 Å². The largest absolute Gasteiger partial charge is 0.354 e. The van der Waals surface area contributed by atoms with Crippen LogP contribution in [0.25, 0.3) is 0 Å². The third kappa shape index (κ3) is 4.77. The first-order valence-corrected chi connectivity index (χ1v) is 8.22. The van der Waals surface area contributed by atoms with Gasteiger partial charge < -0.3 is 5.32 Å². The number of aryl methyl sites for hydroxylation is 1. The monoisotopic (exact) mass is 331 g/mol. The fraction of sp³-hybridized carbons (Fsp3) is 0.455. The maximum Gasteiger partial charge on any atom is 0.230 e. The van der Waals surface area contributed by atoms with E-state index >= 15 is 0 Å². The Morgan fingerprint density at radius 2 is 2.40 bits per heavy atom. The second-order valence-corrected chi connectivity index (χ2v) is 6.01. The molecule has 2 rings (SSSR count). The smallest absolute Gasteiger partial charge is 0.230 e. The quantitative estimate of drug-likeness (QED) is 0.836. The van der Waals surface area contributed by atoms with Gasteiger partial charge >= 0.3 is 0 Å². The first-order valence-electron chi connectivity index (χ1n) is 5.95. The van der Waals surface area contributed by atoms with Crippen LogP contribution in [-0.4, -0.2) is 36.7 Å². The van der Waals surface area contributed by atoms with E-state index in [0.29, 0.717) is 29.6 Å². The molecule has 0 aliphatic rings. The summed E-state index contributed by atoms with van der Waals surface area (Å²) in [5.41, 5.74) is 1.90. The highest BCUT2D eigenvalue weighted by Gasteiger charge is 2.06. The van der Waals surface area contributed by atoms with Crippen LogP contribution < -0.4 is 5.32 Å². The number of thioether (sulfide) groups is 1. The topological polar surface area (TPSA) is 72.7 Å². The molecule has 2 heterocycles. The number of hydrogen-bond donors (Lipinski definition) is 1. The average Bonchev–Trinajstić information content (AvgIpc) is 2.99. The number of amides is 1. The van der Waals surface area contributed by atoms with E-state index in [9.17, 15) is 4.79 Å². The van der Waals surface area contributed by atoms with Gasteiger partial charge in [0.15, 0.2) is 0 Å². The number of nitrogens with one attached hydrogen (secondary N) is 1. The Morgan fingerprint density at radius 3 is 3.05 bits per heavy atom. The number of hydrogen-bond acceptors (Lipinski definition) is 6. The van der Waals surface area contributed by atoms with Gasteiger partial charge in [0, 0.05) is 18.5 Å². The third-order valence-electron chi connectivity index (χ3n) is 2.48. The van der Waals surface area contributed by atoms with Crippen molar-refractivity contribution >= 4 is 41.0 Å². The van der Waals surface area contributed by atoms with E-state index in [1.165, 1.54) is 23.5 Å². The highest BCUT2D eigenvalue weighted by molar-refractivity contribution is 7.99. The van der Waals surface area contributed by atoms with Crippen LogP contribution in [0.3, 0.4) is 0 Å². The molecule has 1 N–H and O–H groups in total. The lowest BCUT2D eigenvalue weighted by atomic mass is 10.4. The Bertz CT molecular complexity index is 571. The van der Waals surface area contributed by atoms with Crippen LogP contribution in [0, 0.1) is 6.92 Å². The summed E-state index contributed by atoms with van der Waals surface area (Å²) in [6, 6.07) is 0. The Kier molecular flexibility index (Phi) is 5.81. The maximum absolute atomic E-state index is 11.6. The normalized spacial score (nSPS) is 10.7. The van der Waals surface area contributed by atoms with Gasteiger partial charge in [-0.25, -0.2) is 0 Å². The molecular formula is C11H14ClN5OS2. The van der Waals surface area contributed by atoms with Crippen molar-refractivity contribution in [2.45, 2.75) is 19.2 Å². The number of carbonyl (C=O) groups excluding carboxylic acids is 1. The lowest BCUT2D eigenvalue weighted by Gasteiger charge is -2.05. The van der Waals surface area contributed by atoms with Gasteiger partial charge in [0.25, 0.3) is 0 Å². The van der Waals surface area contributed by atoms with Gasteiger partial charge in [0.2, 0.25) is 5.91 Å². The molecule has 0 aliphatic carbocycles. The molecular weight excluding hydrogens is 318 g/mol. The van der Waals surface area contributed by atoms with Crippen molar-refractivity contribution in [3.8, 4) is 0 Å². The second kappa shape index (κ2) is 7.61. The van der Waals surface area contributed by atoms with E-state index in [-0.39, 0.29) is 5.91 Å². The summed E-state index contributed by atoms with van der Waals surface area (Å²) in [5, 5.41) is 7.47. The van der Waals surface area contributed by atoms with Gasteiger partial charge in [-0.2, -0.15) is 13.8 Å². The Labute approximate surface area is 130 Å². The number of nitrogens with zero attached hydrogens (tertiary/aromatic N) is 4. The van der Waals surface area contributed by atoms with Gasteiger partial charge in [0.05, 0.1) is 46.6 Å². The van der Waals surface area contributed by atoms with Gasteiger partial charge in [-0.1, -0.05) is 11.6 Å². The summed E-state index contributed by atoms with van der Waals surface area (Å²) in [6.45, 7) is 3.07. The summed E-state index contributed by atoms with van der Waals surface area (Å²) in [6.07, 6.45) is 3.30. The molecule has 20 heavy (non-hydrogen) atoms. The SMILES string of the molecule is Cc1nsnc1CSCC(=O)NCCn1cc(Cl)cn1. The van der Waals surface area contributed by atoms with Crippen molar-refractivity contribution in [1.29, 1.82) is 0 Å². The van der Waals surface area contributed by atoms with Crippen LogP contribution in [0.4, 0.5) is 0 Å². The van der Waals surface area contributed by atoms with Crippen LogP contribution in [0.5, 0.6) is 0 Å². The molecule has 0 bridgehead atoms. The number of rotatable bonds is 7. The molecule has 0 saturated heterocycles. The van der Waals surface area contributed by atoms with Crippen molar-refractivity contribution in [3.05, 3.63) is 28.8 Å². The summed E-state index contributed by atoms with van der Waals surface area (Å²) >= 11 is 8.48. The molecule has 1 amide bonds. The summed E-state index contributed by atoms with van der Waals surface area (Å²) in [7, 11) is 0. The van der Waals surface area contributed by atoms with Crippen molar-refractivity contribution in [2.24, 2.45) is 0 Å². The van der Waals surface area contributed by atoms with E-state index in [1.807, 2.05) is 6.92 Å². The van der Waals surface area contributed by atoms with Crippen LogP contribution in [0.15, 0.2) is 12.4 Å². The van der Waals surface area contributed by atoms with Gasteiger partial charge in [-0.3, -0.25) is 9.48 Å². The summed E-state index contributed by atoms with van der Waals surface area (Å²) in [5.74, 6) is 1.13. The number of carbonyl (C=O) groups is 1. The minimum absolute atomic E-state index is 0.00842. The van der Waals surface area contributed by atoms with E-state index < -0.39 is 0 Å². The zero-order chi connectivity index (χ0) is 14.4. The standard InChI is InChI=1S/C11H14ClN5OS2/c1-8-10(16-20-15-8)6-19-7-11(18)13-2-3-17-5-9(12)4-14-17/h4-5H,2-3,6-7H2,1H3,(H,13,18). The zero-order valence-electron chi connectivity index (χ0n) is 10.9. The van der Waals surface area contributed by atoms with Gasteiger partial charge in [-0.05, 0) is 6.92 Å². The third-order valence-corrected chi connectivity index (χ3v) is 4.28. The molecule has 2 aromatic rings. The first-order chi connectivity index (χ1) is 9.65.